The molecule has 7 nitrogen and oxygen atoms in total. The van der Waals surface area contributed by atoms with Crippen LogP contribution in [0.5, 0.6) is 0 Å². The molecule has 0 saturated heterocycles. The second-order valence-corrected chi connectivity index (χ2v) is 5.00. The average molecular weight is 329 g/mol. The number of carbonyl (C=O) groups excluding carboxylic acids is 2. The Kier molecular flexibility index (Phi) is 5.83. The molecule has 24 heavy (non-hydrogen) atoms. The highest BCUT2D eigenvalue weighted by Gasteiger charge is 2.15. The van der Waals surface area contributed by atoms with Crippen molar-refractivity contribution < 1.29 is 14.3 Å². The molecule has 2 rings (SSSR count). The van der Waals surface area contributed by atoms with Crippen molar-refractivity contribution in [2.45, 2.75) is 20.3 Å². The van der Waals surface area contributed by atoms with Gasteiger partial charge in [-0.3, -0.25) is 14.4 Å². The topological polar surface area (TPSA) is 101 Å². The molecule has 0 bridgehead atoms. The summed E-state index contributed by atoms with van der Waals surface area (Å²) in [6, 6.07) is 7.67. The van der Waals surface area contributed by atoms with Gasteiger partial charge >= 0.3 is 5.97 Å². The summed E-state index contributed by atoms with van der Waals surface area (Å²) in [5.74, 6) is -1.30. The van der Waals surface area contributed by atoms with Gasteiger partial charge in [-0.1, -0.05) is 31.2 Å². The van der Waals surface area contributed by atoms with Crippen molar-refractivity contribution in [1.82, 2.24) is 15.3 Å². The summed E-state index contributed by atoms with van der Waals surface area (Å²) in [6.45, 7) is 3.62. The molecule has 126 valence electrons. The van der Waals surface area contributed by atoms with Gasteiger partial charge in [0.25, 0.3) is 11.5 Å². The largest absolute Gasteiger partial charge is 0.465 e. The van der Waals surface area contributed by atoms with Gasteiger partial charge < -0.3 is 15.0 Å². The van der Waals surface area contributed by atoms with Crippen LogP contribution in [-0.2, 0) is 16.0 Å². The number of nitrogens with zero attached hydrogens (tertiary/aromatic N) is 1. The fourth-order valence-electron chi connectivity index (χ4n) is 2.07. The molecule has 0 radical (unpaired) electrons. The third kappa shape index (κ3) is 4.28. The minimum absolute atomic E-state index is 0.219. The van der Waals surface area contributed by atoms with E-state index in [2.05, 4.69) is 22.2 Å². The molecule has 1 aromatic heterocycles. The number of hydrogen-bond acceptors (Lipinski definition) is 5. The van der Waals surface area contributed by atoms with Crippen LogP contribution in [0.4, 0.5) is 0 Å². The van der Waals surface area contributed by atoms with Crippen LogP contribution in [0.3, 0.4) is 0 Å². The number of H-pyrrole nitrogens is 1. The zero-order chi connectivity index (χ0) is 17.5. The Morgan fingerprint density at radius 1 is 1.21 bits per heavy atom. The minimum Gasteiger partial charge on any atom is -0.465 e. The van der Waals surface area contributed by atoms with Gasteiger partial charge in [-0.2, -0.15) is 0 Å². The lowest BCUT2D eigenvalue weighted by Gasteiger charge is -2.06. The molecule has 1 amide bonds. The van der Waals surface area contributed by atoms with Crippen LogP contribution < -0.4 is 10.9 Å². The highest BCUT2D eigenvalue weighted by molar-refractivity contribution is 5.94. The first-order chi connectivity index (χ1) is 11.5. The summed E-state index contributed by atoms with van der Waals surface area (Å²) in [5, 5.41) is 2.33. The number of ether oxygens (including phenoxy) is 1. The second-order valence-electron chi connectivity index (χ2n) is 5.00. The van der Waals surface area contributed by atoms with E-state index in [1.165, 1.54) is 11.8 Å². The van der Waals surface area contributed by atoms with E-state index in [0.29, 0.717) is 5.69 Å². The molecule has 0 aliphatic heterocycles. The van der Waals surface area contributed by atoms with Gasteiger partial charge in [-0.05, 0) is 18.9 Å². The van der Waals surface area contributed by atoms with E-state index >= 15 is 0 Å². The summed E-state index contributed by atoms with van der Waals surface area (Å²) < 4.78 is 4.71. The fraction of sp³-hybridized carbons (Fsp3) is 0.294. The highest BCUT2D eigenvalue weighted by atomic mass is 16.5. The molecule has 0 unspecified atom stereocenters. The third-order valence-electron chi connectivity index (χ3n) is 3.36. The highest BCUT2D eigenvalue weighted by Crippen LogP contribution is 2.16. The van der Waals surface area contributed by atoms with Crippen molar-refractivity contribution in [3.63, 3.8) is 0 Å². The van der Waals surface area contributed by atoms with Gasteiger partial charge in [0.1, 0.15) is 6.54 Å². The van der Waals surface area contributed by atoms with Crippen molar-refractivity contribution >= 4 is 11.9 Å². The molecule has 0 aliphatic rings. The monoisotopic (exact) mass is 329 g/mol. The Balaban J connectivity index is 2.19. The van der Waals surface area contributed by atoms with Crippen LogP contribution in [0.15, 0.2) is 35.3 Å². The Labute approximate surface area is 139 Å². The van der Waals surface area contributed by atoms with Crippen molar-refractivity contribution in [1.29, 1.82) is 0 Å². The summed E-state index contributed by atoms with van der Waals surface area (Å²) in [5.41, 5.74) is 1.51. The van der Waals surface area contributed by atoms with E-state index in [9.17, 15) is 14.4 Å². The van der Waals surface area contributed by atoms with E-state index in [0.717, 1.165) is 12.0 Å². The first kappa shape index (κ1) is 17.4. The quantitative estimate of drug-likeness (QED) is 0.778. The molecular weight excluding hydrogens is 310 g/mol. The summed E-state index contributed by atoms with van der Waals surface area (Å²) in [6.07, 6.45) is 2.37. The van der Waals surface area contributed by atoms with E-state index in [1.807, 2.05) is 24.3 Å². The molecule has 1 aromatic carbocycles. The summed E-state index contributed by atoms with van der Waals surface area (Å²) in [7, 11) is 0. The molecule has 2 aromatic rings. The summed E-state index contributed by atoms with van der Waals surface area (Å²) >= 11 is 0. The lowest BCUT2D eigenvalue weighted by atomic mass is 10.1. The average Bonchev–Trinajstić information content (AvgIpc) is 2.60. The van der Waals surface area contributed by atoms with Crippen LogP contribution in [0.25, 0.3) is 11.3 Å². The van der Waals surface area contributed by atoms with E-state index in [4.69, 9.17) is 4.74 Å². The van der Waals surface area contributed by atoms with Crippen molar-refractivity contribution in [3.8, 4) is 11.3 Å². The Morgan fingerprint density at radius 2 is 1.92 bits per heavy atom. The molecule has 0 saturated carbocycles. The maximum atomic E-state index is 12.1. The number of carbonyl (C=O) groups is 2. The molecule has 0 fully saturated rings. The smallest absolute Gasteiger partial charge is 0.325 e. The molecular formula is C17H19N3O4. The predicted octanol–water partition coefficient (Wildman–Crippen LogP) is 1.29. The lowest BCUT2D eigenvalue weighted by Crippen LogP contribution is -2.35. The maximum absolute atomic E-state index is 12.1. The molecule has 0 atom stereocenters. The van der Waals surface area contributed by atoms with E-state index in [1.54, 1.807) is 6.92 Å². The Morgan fingerprint density at radius 3 is 2.54 bits per heavy atom. The first-order valence-electron chi connectivity index (χ1n) is 7.68. The van der Waals surface area contributed by atoms with Gasteiger partial charge in [0, 0.05) is 11.8 Å². The van der Waals surface area contributed by atoms with Crippen molar-refractivity contribution in [2.24, 2.45) is 0 Å². The predicted molar refractivity (Wildman–Crippen MR) is 88.6 cm³/mol. The second kappa shape index (κ2) is 8.05. The van der Waals surface area contributed by atoms with Gasteiger partial charge in [0.15, 0.2) is 5.69 Å². The number of esters is 1. The third-order valence-corrected chi connectivity index (χ3v) is 3.36. The molecule has 0 spiro atoms. The lowest BCUT2D eigenvalue weighted by molar-refractivity contribution is -0.141. The summed E-state index contributed by atoms with van der Waals surface area (Å²) in [4.78, 5) is 41.8. The number of amides is 1. The van der Waals surface area contributed by atoms with Gasteiger partial charge in [0.2, 0.25) is 0 Å². The van der Waals surface area contributed by atoms with Crippen molar-refractivity contribution in [3.05, 3.63) is 52.1 Å². The molecule has 7 heteroatoms. The maximum Gasteiger partial charge on any atom is 0.325 e. The molecule has 1 heterocycles. The molecule has 0 aliphatic carbocycles. The van der Waals surface area contributed by atoms with Crippen LogP contribution in [0, 0.1) is 0 Å². The number of aromatic amines is 1. The zero-order valence-corrected chi connectivity index (χ0v) is 13.6. The van der Waals surface area contributed by atoms with Crippen molar-refractivity contribution in [2.75, 3.05) is 13.2 Å². The van der Waals surface area contributed by atoms with Crippen LogP contribution >= 0.6 is 0 Å². The van der Waals surface area contributed by atoms with Crippen LogP contribution in [0.1, 0.15) is 29.9 Å². The van der Waals surface area contributed by atoms with Gasteiger partial charge in [-0.15, -0.1) is 0 Å². The van der Waals surface area contributed by atoms with E-state index < -0.39 is 17.4 Å². The van der Waals surface area contributed by atoms with E-state index in [-0.39, 0.29) is 18.8 Å². The first-order valence-corrected chi connectivity index (χ1v) is 7.68. The fourth-order valence-corrected chi connectivity index (χ4v) is 2.07. The Bertz CT molecular complexity index is 781. The number of hydrogen-bond donors (Lipinski definition) is 2. The zero-order valence-electron chi connectivity index (χ0n) is 13.6. The minimum atomic E-state index is -0.726. The van der Waals surface area contributed by atoms with Gasteiger partial charge in [0.05, 0.1) is 12.3 Å². The number of aryl methyl sites for hydroxylation is 1. The van der Waals surface area contributed by atoms with Gasteiger partial charge in [-0.25, -0.2) is 4.98 Å². The SMILES string of the molecule is CCOC(=O)CNC(=O)c1nc(-c2ccc(CC)cc2)c[nH]c1=O. The number of nitrogens with one attached hydrogen (secondary N) is 2. The number of aromatic nitrogens is 2. The standard InChI is InChI=1S/C17H19N3O4/c1-3-11-5-7-12(8-6-11)13-9-18-16(22)15(20-13)17(23)19-10-14(21)24-4-2/h5-9H,3-4,10H2,1-2H3,(H,18,22)(H,19,23). The Hall–Kier alpha value is -2.96. The van der Waals surface area contributed by atoms with Crippen LogP contribution in [-0.4, -0.2) is 35.0 Å². The number of rotatable bonds is 6. The van der Waals surface area contributed by atoms with Crippen LogP contribution in [0.2, 0.25) is 0 Å². The number of benzene rings is 1. The normalized spacial score (nSPS) is 10.2. The molecule has 2 N–H and O–H groups in total.